The Labute approximate surface area is 137 Å². The molecular formula is C20H32NP. The van der Waals surface area contributed by atoms with Gasteiger partial charge in [-0.3, -0.25) is 0 Å². The normalized spacial score (nSPS) is 22.9. The molecule has 0 aliphatic heterocycles. The van der Waals surface area contributed by atoms with E-state index in [1.54, 1.807) is 5.30 Å². The Bertz CT molecular complexity index is 441. The standard InChI is InChI=1S/C20H32NP/c1-16(21)19-14-8-9-15-20(19)22(17-10-4-2-5-11-17)18-12-6-3-7-13-18/h8-9,14-18H,2-7,10-13,21H2,1H3/t16-/m1/s1. The lowest BCUT2D eigenvalue weighted by atomic mass is 9.99. The van der Waals surface area contributed by atoms with Gasteiger partial charge >= 0.3 is 0 Å². The molecule has 122 valence electrons. The van der Waals surface area contributed by atoms with Crippen LogP contribution in [-0.2, 0) is 0 Å². The second kappa shape index (κ2) is 7.93. The van der Waals surface area contributed by atoms with Crippen molar-refractivity contribution >= 4 is 13.2 Å². The summed E-state index contributed by atoms with van der Waals surface area (Å²) in [5.74, 6) is 0. The predicted molar refractivity (Wildman–Crippen MR) is 99.3 cm³/mol. The SMILES string of the molecule is C[C@@H](N)c1ccccc1P(C1CCCCC1)C1CCCCC1. The Kier molecular flexibility index (Phi) is 5.94. The molecule has 0 bridgehead atoms. The van der Waals surface area contributed by atoms with Crippen molar-refractivity contribution in [2.45, 2.75) is 88.5 Å². The second-order valence-electron chi connectivity index (χ2n) is 7.34. The van der Waals surface area contributed by atoms with E-state index in [1.165, 1.54) is 69.8 Å². The molecule has 0 amide bonds. The van der Waals surface area contributed by atoms with Crippen LogP contribution in [0.15, 0.2) is 24.3 Å². The van der Waals surface area contributed by atoms with Gasteiger partial charge in [0.15, 0.2) is 0 Å². The summed E-state index contributed by atoms with van der Waals surface area (Å²) in [7, 11) is -0.0253. The first-order valence-electron chi connectivity index (χ1n) is 9.40. The lowest BCUT2D eigenvalue weighted by molar-refractivity contribution is 0.487. The van der Waals surface area contributed by atoms with Gasteiger partial charge < -0.3 is 5.73 Å². The summed E-state index contributed by atoms with van der Waals surface area (Å²) in [6.45, 7) is 2.16. The zero-order chi connectivity index (χ0) is 15.4. The van der Waals surface area contributed by atoms with Crippen LogP contribution in [0.1, 0.15) is 82.7 Å². The van der Waals surface area contributed by atoms with E-state index in [9.17, 15) is 0 Å². The van der Waals surface area contributed by atoms with E-state index in [-0.39, 0.29) is 14.0 Å². The minimum Gasteiger partial charge on any atom is -0.324 e. The van der Waals surface area contributed by atoms with E-state index in [0.29, 0.717) is 0 Å². The lowest BCUT2D eigenvalue weighted by Gasteiger charge is -2.40. The lowest BCUT2D eigenvalue weighted by Crippen LogP contribution is -2.29. The molecule has 3 rings (SSSR count). The van der Waals surface area contributed by atoms with Gasteiger partial charge in [-0.25, -0.2) is 0 Å². The molecule has 1 aromatic rings. The summed E-state index contributed by atoms with van der Waals surface area (Å²) in [6.07, 6.45) is 14.6. The van der Waals surface area contributed by atoms with Gasteiger partial charge in [0.1, 0.15) is 0 Å². The van der Waals surface area contributed by atoms with Crippen molar-refractivity contribution in [1.29, 1.82) is 0 Å². The average Bonchev–Trinajstić information content (AvgIpc) is 2.57. The molecule has 0 saturated heterocycles. The molecule has 0 unspecified atom stereocenters. The molecule has 2 aliphatic carbocycles. The van der Waals surface area contributed by atoms with Crippen molar-refractivity contribution in [3.8, 4) is 0 Å². The van der Waals surface area contributed by atoms with Crippen molar-refractivity contribution in [2.75, 3.05) is 0 Å². The van der Waals surface area contributed by atoms with Crippen LogP contribution in [0.3, 0.4) is 0 Å². The summed E-state index contributed by atoms with van der Waals surface area (Å²) < 4.78 is 0. The van der Waals surface area contributed by atoms with Crippen LogP contribution < -0.4 is 11.0 Å². The van der Waals surface area contributed by atoms with E-state index in [4.69, 9.17) is 5.73 Å². The third-order valence-corrected chi connectivity index (χ3v) is 9.21. The predicted octanol–water partition coefficient (Wildman–Crippen LogP) is 5.48. The summed E-state index contributed by atoms with van der Waals surface area (Å²) >= 11 is 0. The number of benzene rings is 1. The van der Waals surface area contributed by atoms with E-state index in [2.05, 4.69) is 31.2 Å². The minimum atomic E-state index is -0.0253. The molecular weight excluding hydrogens is 285 g/mol. The maximum atomic E-state index is 6.32. The largest absolute Gasteiger partial charge is 0.324 e. The molecule has 2 aliphatic rings. The van der Waals surface area contributed by atoms with Crippen molar-refractivity contribution in [3.63, 3.8) is 0 Å². The van der Waals surface area contributed by atoms with Crippen molar-refractivity contribution in [2.24, 2.45) is 5.73 Å². The summed E-state index contributed by atoms with van der Waals surface area (Å²) in [5, 5.41) is 1.66. The zero-order valence-corrected chi connectivity index (χ0v) is 15.0. The molecule has 2 fully saturated rings. The third-order valence-electron chi connectivity index (χ3n) is 5.64. The highest BCUT2D eigenvalue weighted by Crippen LogP contribution is 2.55. The minimum absolute atomic E-state index is 0.0253. The molecule has 1 atom stereocenters. The van der Waals surface area contributed by atoms with Gasteiger partial charge in [-0.1, -0.05) is 70.7 Å². The fraction of sp³-hybridized carbons (Fsp3) is 0.700. The van der Waals surface area contributed by atoms with Gasteiger partial charge in [-0.2, -0.15) is 0 Å². The fourth-order valence-electron chi connectivity index (χ4n) is 4.52. The van der Waals surface area contributed by atoms with E-state index in [0.717, 1.165) is 11.3 Å². The molecule has 1 nitrogen and oxygen atoms in total. The Hall–Kier alpha value is -0.390. The molecule has 2 saturated carbocycles. The highest BCUT2D eigenvalue weighted by atomic mass is 31.1. The number of nitrogens with two attached hydrogens (primary N) is 1. The number of hydrogen-bond donors (Lipinski definition) is 1. The quantitative estimate of drug-likeness (QED) is 0.731. The molecule has 0 spiro atoms. The van der Waals surface area contributed by atoms with Gasteiger partial charge in [0.25, 0.3) is 0 Å². The maximum Gasteiger partial charge on any atom is 0.0272 e. The van der Waals surface area contributed by atoms with Gasteiger partial charge in [-0.05, 0) is 54.8 Å². The van der Waals surface area contributed by atoms with Crippen LogP contribution in [0.25, 0.3) is 0 Å². The van der Waals surface area contributed by atoms with E-state index < -0.39 is 0 Å². The Morgan fingerprint density at radius 3 is 1.86 bits per heavy atom. The number of hydrogen-bond acceptors (Lipinski definition) is 1. The average molecular weight is 317 g/mol. The first-order valence-corrected chi connectivity index (χ1v) is 10.9. The van der Waals surface area contributed by atoms with Crippen LogP contribution in [0.2, 0.25) is 0 Å². The van der Waals surface area contributed by atoms with Crippen molar-refractivity contribution in [1.82, 2.24) is 0 Å². The third kappa shape index (κ3) is 3.74. The first kappa shape index (κ1) is 16.5. The molecule has 2 heteroatoms. The molecule has 0 aromatic heterocycles. The van der Waals surface area contributed by atoms with Crippen molar-refractivity contribution < 1.29 is 0 Å². The Morgan fingerprint density at radius 2 is 1.36 bits per heavy atom. The second-order valence-corrected chi connectivity index (χ2v) is 10.1. The van der Waals surface area contributed by atoms with Crippen LogP contribution in [0.5, 0.6) is 0 Å². The van der Waals surface area contributed by atoms with Crippen molar-refractivity contribution in [3.05, 3.63) is 29.8 Å². The van der Waals surface area contributed by atoms with Crippen LogP contribution in [-0.4, -0.2) is 11.3 Å². The summed E-state index contributed by atoms with van der Waals surface area (Å²) in [6, 6.07) is 9.32. The van der Waals surface area contributed by atoms with Crippen LogP contribution >= 0.6 is 7.92 Å². The summed E-state index contributed by atoms with van der Waals surface area (Å²) in [5.41, 5.74) is 9.69. The van der Waals surface area contributed by atoms with E-state index in [1.807, 2.05) is 0 Å². The fourth-order valence-corrected chi connectivity index (χ4v) is 8.58. The molecule has 2 N–H and O–H groups in total. The highest BCUT2D eigenvalue weighted by Gasteiger charge is 2.33. The van der Waals surface area contributed by atoms with Gasteiger partial charge in [0.2, 0.25) is 0 Å². The monoisotopic (exact) mass is 317 g/mol. The highest BCUT2D eigenvalue weighted by molar-refractivity contribution is 7.67. The zero-order valence-electron chi connectivity index (χ0n) is 14.1. The van der Waals surface area contributed by atoms with Gasteiger partial charge in [-0.15, -0.1) is 0 Å². The van der Waals surface area contributed by atoms with E-state index >= 15 is 0 Å². The molecule has 22 heavy (non-hydrogen) atoms. The molecule has 0 radical (unpaired) electrons. The Morgan fingerprint density at radius 1 is 0.864 bits per heavy atom. The molecule has 0 heterocycles. The molecule has 1 aromatic carbocycles. The first-order chi connectivity index (χ1) is 10.8. The van der Waals surface area contributed by atoms with Gasteiger partial charge in [0.05, 0.1) is 0 Å². The number of rotatable bonds is 4. The Balaban J connectivity index is 1.93. The van der Waals surface area contributed by atoms with Crippen LogP contribution in [0.4, 0.5) is 0 Å². The summed E-state index contributed by atoms with van der Waals surface area (Å²) in [4.78, 5) is 0. The maximum absolute atomic E-state index is 6.32. The topological polar surface area (TPSA) is 26.0 Å². The van der Waals surface area contributed by atoms with Gasteiger partial charge in [0, 0.05) is 6.04 Å². The van der Waals surface area contributed by atoms with Crippen LogP contribution in [0, 0.1) is 0 Å². The smallest absolute Gasteiger partial charge is 0.0272 e.